The van der Waals surface area contributed by atoms with Crippen LogP contribution in [0.5, 0.6) is 0 Å². The second-order valence-corrected chi connectivity index (χ2v) is 6.49. The van der Waals surface area contributed by atoms with Gasteiger partial charge in [-0.2, -0.15) is 0 Å². The van der Waals surface area contributed by atoms with Crippen LogP contribution in [0.1, 0.15) is 47.0 Å². The highest BCUT2D eigenvalue weighted by molar-refractivity contribution is 5.79. The van der Waals surface area contributed by atoms with E-state index in [2.05, 4.69) is 68.1 Å². The van der Waals surface area contributed by atoms with Crippen molar-refractivity contribution in [3.63, 3.8) is 0 Å². The van der Waals surface area contributed by atoms with Crippen LogP contribution in [0, 0.1) is 5.92 Å². The first-order valence-corrected chi connectivity index (χ1v) is 8.82. The Morgan fingerprint density at radius 3 is 2.72 bits per heavy atom. The minimum Gasteiger partial charge on any atom is -0.287 e. The molecule has 1 atom stereocenters. The van der Waals surface area contributed by atoms with Crippen molar-refractivity contribution in [2.24, 2.45) is 20.9 Å². The highest BCUT2D eigenvalue weighted by Gasteiger charge is 2.14. The van der Waals surface area contributed by atoms with Crippen LogP contribution in [0.15, 0.2) is 74.0 Å². The Morgan fingerprint density at radius 2 is 2.08 bits per heavy atom. The summed E-state index contributed by atoms with van der Waals surface area (Å²) in [6.45, 7) is 16.6. The summed E-state index contributed by atoms with van der Waals surface area (Å²) in [4.78, 5) is 12.3. The Hall–Kier alpha value is -2.29. The maximum absolute atomic E-state index is 4.45. The lowest BCUT2D eigenvalue weighted by Crippen LogP contribution is -2.06. The van der Waals surface area contributed by atoms with Gasteiger partial charge in [-0.05, 0) is 64.3 Å². The average molecular weight is 338 g/mol. The van der Waals surface area contributed by atoms with Gasteiger partial charge in [0, 0.05) is 18.6 Å². The zero-order valence-electron chi connectivity index (χ0n) is 16.1. The molecule has 0 aliphatic heterocycles. The van der Waals surface area contributed by atoms with Crippen LogP contribution >= 0.6 is 0 Å². The summed E-state index contributed by atoms with van der Waals surface area (Å²) >= 11 is 0. The van der Waals surface area contributed by atoms with Gasteiger partial charge in [0.05, 0.1) is 12.2 Å². The highest BCUT2D eigenvalue weighted by atomic mass is 14.8. The molecule has 0 aromatic carbocycles. The smallest absolute Gasteiger partial charge is 0.0805 e. The monoisotopic (exact) mass is 337 g/mol. The standard InChI is InChI=1S/C22H31N3/c1-7-21(16-25-20(5)15-24-12-8-11-23-6)13-19(4)22-10-9-17(2)18(3)14-22/h7-8,11-12,14,16,19H,5-6,9-10,13,15H2,1-4H3/b11-8-,21-7-,24-12-,25-16-. The predicted molar refractivity (Wildman–Crippen MR) is 113 cm³/mol. The minimum absolute atomic E-state index is 0.485. The van der Waals surface area contributed by atoms with E-state index in [9.17, 15) is 0 Å². The summed E-state index contributed by atoms with van der Waals surface area (Å²) in [6, 6.07) is 0. The van der Waals surface area contributed by atoms with Crippen molar-refractivity contribution in [3.05, 3.63) is 59.0 Å². The van der Waals surface area contributed by atoms with Crippen LogP contribution in [-0.4, -0.2) is 25.7 Å². The summed E-state index contributed by atoms with van der Waals surface area (Å²) in [5.74, 6) is 0.531. The first-order valence-electron chi connectivity index (χ1n) is 8.82. The summed E-state index contributed by atoms with van der Waals surface area (Å²) in [7, 11) is 0. The van der Waals surface area contributed by atoms with Gasteiger partial charge in [-0.3, -0.25) is 15.0 Å². The molecule has 0 bridgehead atoms. The normalized spacial score (nSPS) is 17.6. The van der Waals surface area contributed by atoms with Crippen molar-refractivity contribution in [2.45, 2.75) is 47.0 Å². The van der Waals surface area contributed by atoms with E-state index in [-0.39, 0.29) is 0 Å². The van der Waals surface area contributed by atoms with Gasteiger partial charge in [-0.1, -0.05) is 42.4 Å². The van der Waals surface area contributed by atoms with Crippen molar-refractivity contribution in [1.82, 2.24) is 0 Å². The zero-order chi connectivity index (χ0) is 18.7. The lowest BCUT2D eigenvalue weighted by atomic mass is 9.84. The summed E-state index contributed by atoms with van der Waals surface area (Å²) < 4.78 is 0. The summed E-state index contributed by atoms with van der Waals surface area (Å²) in [5, 5.41) is 0. The van der Waals surface area contributed by atoms with Crippen LogP contribution in [0.25, 0.3) is 0 Å². The molecule has 0 amide bonds. The van der Waals surface area contributed by atoms with E-state index in [0.717, 1.165) is 12.1 Å². The SMILES string of the molecule is C=N/C=C\C=N/CC(=C)/N=C\C(=C/C)CC(C)C1=CC(C)=C(C)CC1. The molecule has 0 aromatic rings. The Morgan fingerprint density at radius 1 is 1.32 bits per heavy atom. The molecule has 134 valence electrons. The third-order valence-corrected chi connectivity index (χ3v) is 4.48. The van der Waals surface area contributed by atoms with Gasteiger partial charge in [0.2, 0.25) is 0 Å². The number of hydrogen-bond acceptors (Lipinski definition) is 3. The molecule has 0 saturated heterocycles. The highest BCUT2D eigenvalue weighted by Crippen LogP contribution is 2.30. The van der Waals surface area contributed by atoms with Crippen molar-refractivity contribution in [1.29, 1.82) is 0 Å². The summed E-state index contributed by atoms with van der Waals surface area (Å²) in [5.41, 5.74) is 6.46. The van der Waals surface area contributed by atoms with E-state index < -0.39 is 0 Å². The molecular weight excluding hydrogens is 306 g/mol. The number of hydrogen-bond donors (Lipinski definition) is 0. The van der Waals surface area contributed by atoms with Crippen molar-refractivity contribution in [2.75, 3.05) is 6.54 Å². The molecule has 0 aromatic heterocycles. The molecule has 0 saturated carbocycles. The fourth-order valence-corrected chi connectivity index (χ4v) is 2.65. The van der Waals surface area contributed by atoms with Gasteiger partial charge in [0.1, 0.15) is 0 Å². The topological polar surface area (TPSA) is 37.1 Å². The predicted octanol–water partition coefficient (Wildman–Crippen LogP) is 5.89. The maximum atomic E-state index is 4.45. The molecule has 1 rings (SSSR count). The van der Waals surface area contributed by atoms with Crippen molar-refractivity contribution in [3.8, 4) is 0 Å². The Kier molecular flexibility index (Phi) is 9.38. The van der Waals surface area contributed by atoms with Crippen molar-refractivity contribution < 1.29 is 0 Å². The molecule has 1 aliphatic carbocycles. The Balaban J connectivity index is 2.58. The van der Waals surface area contributed by atoms with Crippen LogP contribution in [0.2, 0.25) is 0 Å². The van der Waals surface area contributed by atoms with E-state index in [0.29, 0.717) is 12.5 Å². The Bertz CT molecular complexity index is 655. The molecule has 25 heavy (non-hydrogen) atoms. The lowest BCUT2D eigenvalue weighted by molar-refractivity contribution is 0.637. The third kappa shape index (κ3) is 7.88. The second kappa shape index (κ2) is 11.3. The molecule has 1 unspecified atom stereocenters. The number of aliphatic imine (C=N–C) groups is 3. The van der Waals surface area contributed by atoms with Gasteiger partial charge >= 0.3 is 0 Å². The minimum atomic E-state index is 0.485. The van der Waals surface area contributed by atoms with E-state index >= 15 is 0 Å². The van der Waals surface area contributed by atoms with Gasteiger partial charge in [0.15, 0.2) is 0 Å². The molecule has 3 heteroatoms. The van der Waals surface area contributed by atoms with Crippen LogP contribution in [0.4, 0.5) is 0 Å². The van der Waals surface area contributed by atoms with E-state index in [4.69, 9.17) is 0 Å². The molecule has 1 aliphatic rings. The fourth-order valence-electron chi connectivity index (χ4n) is 2.65. The Labute approximate surface area is 153 Å². The number of nitrogens with zero attached hydrogens (tertiary/aromatic N) is 3. The molecule has 0 fully saturated rings. The van der Waals surface area contributed by atoms with E-state index in [1.165, 1.54) is 29.6 Å². The molecule has 0 heterocycles. The van der Waals surface area contributed by atoms with Gasteiger partial charge in [-0.15, -0.1) is 0 Å². The molecule has 0 N–H and O–H groups in total. The third-order valence-electron chi connectivity index (χ3n) is 4.48. The van der Waals surface area contributed by atoms with Crippen molar-refractivity contribution >= 4 is 19.1 Å². The zero-order valence-corrected chi connectivity index (χ0v) is 16.1. The quantitative estimate of drug-likeness (QED) is 0.471. The average Bonchev–Trinajstić information content (AvgIpc) is 2.60. The first kappa shape index (κ1) is 20.8. The fraction of sp³-hybridized carbons (Fsp3) is 0.409. The second-order valence-electron chi connectivity index (χ2n) is 6.49. The molecular formula is C22H31N3. The maximum Gasteiger partial charge on any atom is 0.0805 e. The number of rotatable bonds is 9. The largest absolute Gasteiger partial charge is 0.287 e. The van der Waals surface area contributed by atoms with Gasteiger partial charge < -0.3 is 0 Å². The molecule has 3 nitrogen and oxygen atoms in total. The van der Waals surface area contributed by atoms with E-state index in [1.807, 2.05) is 6.21 Å². The summed E-state index contributed by atoms with van der Waals surface area (Å²) in [6.07, 6.45) is 14.8. The van der Waals surface area contributed by atoms with Crippen LogP contribution in [-0.2, 0) is 0 Å². The van der Waals surface area contributed by atoms with Gasteiger partial charge in [0.25, 0.3) is 0 Å². The van der Waals surface area contributed by atoms with Gasteiger partial charge in [-0.25, -0.2) is 0 Å². The lowest BCUT2D eigenvalue weighted by Gasteiger charge is -2.21. The van der Waals surface area contributed by atoms with Crippen LogP contribution < -0.4 is 0 Å². The van der Waals surface area contributed by atoms with E-state index in [1.54, 1.807) is 24.1 Å². The number of allylic oxidation sites excluding steroid dienone is 7. The molecule has 0 radical (unpaired) electrons. The first-order chi connectivity index (χ1) is 12.0. The van der Waals surface area contributed by atoms with Crippen LogP contribution in [0.3, 0.4) is 0 Å². The molecule has 0 spiro atoms.